The standard InChI is InChI=1S/C18H21FN2/c1-13-16(19)6-3-7-17(13)20-12-14-8-9-18-15(11-14)5-4-10-21(18)2/h3,6-9,11,20H,4-5,10,12H2,1-2H3. The highest BCUT2D eigenvalue weighted by atomic mass is 19.1. The van der Waals surface area contributed by atoms with Gasteiger partial charge in [0, 0.05) is 37.1 Å². The molecule has 1 aliphatic rings. The van der Waals surface area contributed by atoms with Crippen LogP contribution in [-0.2, 0) is 13.0 Å². The molecule has 0 amide bonds. The van der Waals surface area contributed by atoms with Crippen LogP contribution in [0.2, 0.25) is 0 Å². The van der Waals surface area contributed by atoms with Crippen LogP contribution in [0.5, 0.6) is 0 Å². The minimum absolute atomic E-state index is 0.160. The Morgan fingerprint density at radius 1 is 1.24 bits per heavy atom. The van der Waals surface area contributed by atoms with E-state index in [1.54, 1.807) is 13.0 Å². The zero-order valence-electron chi connectivity index (χ0n) is 12.6. The van der Waals surface area contributed by atoms with Crippen molar-refractivity contribution in [2.45, 2.75) is 26.3 Å². The average molecular weight is 284 g/mol. The van der Waals surface area contributed by atoms with Crippen molar-refractivity contribution < 1.29 is 4.39 Å². The normalized spacial score (nSPS) is 14.0. The van der Waals surface area contributed by atoms with Gasteiger partial charge in [-0.2, -0.15) is 0 Å². The van der Waals surface area contributed by atoms with Crippen LogP contribution in [0.25, 0.3) is 0 Å². The van der Waals surface area contributed by atoms with E-state index in [0.717, 1.165) is 25.2 Å². The summed E-state index contributed by atoms with van der Waals surface area (Å²) in [5.41, 5.74) is 5.54. The first-order valence-corrected chi connectivity index (χ1v) is 7.47. The van der Waals surface area contributed by atoms with Gasteiger partial charge in [-0.15, -0.1) is 0 Å². The zero-order chi connectivity index (χ0) is 14.8. The van der Waals surface area contributed by atoms with Crippen molar-refractivity contribution in [2.24, 2.45) is 0 Å². The van der Waals surface area contributed by atoms with E-state index >= 15 is 0 Å². The topological polar surface area (TPSA) is 15.3 Å². The van der Waals surface area contributed by atoms with Crippen LogP contribution in [0.3, 0.4) is 0 Å². The van der Waals surface area contributed by atoms with Crippen LogP contribution in [0.4, 0.5) is 15.8 Å². The van der Waals surface area contributed by atoms with Gasteiger partial charge in [0.2, 0.25) is 0 Å². The molecule has 0 aromatic heterocycles. The summed E-state index contributed by atoms with van der Waals surface area (Å²) in [4.78, 5) is 2.31. The molecule has 3 rings (SSSR count). The number of halogens is 1. The van der Waals surface area contributed by atoms with Crippen molar-refractivity contribution in [1.82, 2.24) is 0 Å². The van der Waals surface area contributed by atoms with Crippen LogP contribution in [-0.4, -0.2) is 13.6 Å². The number of hydrogen-bond donors (Lipinski definition) is 1. The number of rotatable bonds is 3. The molecule has 0 fully saturated rings. The van der Waals surface area contributed by atoms with Crippen molar-refractivity contribution >= 4 is 11.4 Å². The summed E-state index contributed by atoms with van der Waals surface area (Å²) < 4.78 is 13.5. The summed E-state index contributed by atoms with van der Waals surface area (Å²) >= 11 is 0. The van der Waals surface area contributed by atoms with Gasteiger partial charge in [0.05, 0.1) is 0 Å². The first-order valence-electron chi connectivity index (χ1n) is 7.47. The number of nitrogens with zero attached hydrogens (tertiary/aromatic N) is 1. The Morgan fingerprint density at radius 3 is 2.95 bits per heavy atom. The van der Waals surface area contributed by atoms with Gasteiger partial charge in [-0.1, -0.05) is 18.2 Å². The van der Waals surface area contributed by atoms with Gasteiger partial charge in [-0.25, -0.2) is 4.39 Å². The maximum absolute atomic E-state index is 13.5. The SMILES string of the molecule is Cc1c(F)cccc1NCc1ccc2c(c1)CCCN2C. The number of nitrogens with one attached hydrogen (secondary N) is 1. The highest BCUT2D eigenvalue weighted by molar-refractivity contribution is 5.57. The van der Waals surface area contributed by atoms with E-state index in [0.29, 0.717) is 5.56 Å². The second-order valence-electron chi connectivity index (χ2n) is 5.75. The van der Waals surface area contributed by atoms with E-state index in [1.807, 2.05) is 6.07 Å². The van der Waals surface area contributed by atoms with E-state index in [1.165, 1.54) is 29.3 Å². The Bertz CT molecular complexity index is 652. The molecule has 0 atom stereocenters. The van der Waals surface area contributed by atoms with Gasteiger partial charge in [0.1, 0.15) is 5.82 Å². The maximum atomic E-state index is 13.5. The quantitative estimate of drug-likeness (QED) is 0.911. The van der Waals surface area contributed by atoms with Crippen LogP contribution in [0.1, 0.15) is 23.1 Å². The molecule has 2 aromatic carbocycles. The lowest BCUT2D eigenvalue weighted by Gasteiger charge is -2.28. The predicted octanol–water partition coefficient (Wildman–Crippen LogP) is 4.13. The third kappa shape index (κ3) is 2.87. The molecule has 1 N–H and O–H groups in total. The van der Waals surface area contributed by atoms with Crippen molar-refractivity contribution in [1.29, 1.82) is 0 Å². The highest BCUT2D eigenvalue weighted by Gasteiger charge is 2.13. The van der Waals surface area contributed by atoms with E-state index < -0.39 is 0 Å². The molecular weight excluding hydrogens is 263 g/mol. The minimum Gasteiger partial charge on any atom is -0.381 e. The van der Waals surface area contributed by atoms with Gasteiger partial charge in [0.15, 0.2) is 0 Å². The monoisotopic (exact) mass is 284 g/mol. The fourth-order valence-corrected chi connectivity index (χ4v) is 2.94. The van der Waals surface area contributed by atoms with Crippen molar-refractivity contribution in [3.63, 3.8) is 0 Å². The second kappa shape index (κ2) is 5.76. The number of benzene rings is 2. The number of aryl methyl sites for hydroxylation is 1. The molecule has 21 heavy (non-hydrogen) atoms. The smallest absolute Gasteiger partial charge is 0.128 e. The Balaban J connectivity index is 1.75. The van der Waals surface area contributed by atoms with Crippen LogP contribution >= 0.6 is 0 Å². The van der Waals surface area contributed by atoms with Gasteiger partial charge < -0.3 is 10.2 Å². The summed E-state index contributed by atoms with van der Waals surface area (Å²) in [6.45, 7) is 3.66. The Labute approximate surface area is 125 Å². The summed E-state index contributed by atoms with van der Waals surface area (Å²) in [5.74, 6) is -0.160. The largest absolute Gasteiger partial charge is 0.381 e. The molecule has 0 unspecified atom stereocenters. The van der Waals surface area contributed by atoms with E-state index in [4.69, 9.17) is 0 Å². The molecule has 2 aromatic rings. The molecule has 2 nitrogen and oxygen atoms in total. The maximum Gasteiger partial charge on any atom is 0.128 e. The fraction of sp³-hybridized carbons (Fsp3) is 0.333. The minimum atomic E-state index is -0.160. The van der Waals surface area contributed by atoms with Gasteiger partial charge in [-0.3, -0.25) is 0 Å². The molecule has 0 bridgehead atoms. The number of fused-ring (bicyclic) bond motifs is 1. The van der Waals surface area contributed by atoms with Gasteiger partial charge in [0.25, 0.3) is 0 Å². The Kier molecular flexibility index (Phi) is 3.82. The van der Waals surface area contributed by atoms with Crippen LogP contribution in [0.15, 0.2) is 36.4 Å². The molecule has 0 aliphatic carbocycles. The van der Waals surface area contributed by atoms with E-state index in [-0.39, 0.29) is 5.82 Å². The predicted molar refractivity (Wildman–Crippen MR) is 86.5 cm³/mol. The Morgan fingerprint density at radius 2 is 2.10 bits per heavy atom. The van der Waals surface area contributed by atoms with Crippen molar-refractivity contribution in [3.05, 3.63) is 58.9 Å². The van der Waals surface area contributed by atoms with E-state index in [2.05, 4.69) is 35.5 Å². The second-order valence-corrected chi connectivity index (χ2v) is 5.75. The molecule has 3 heteroatoms. The molecule has 110 valence electrons. The number of anilines is 2. The lowest BCUT2D eigenvalue weighted by molar-refractivity contribution is 0.619. The summed E-state index contributed by atoms with van der Waals surface area (Å²) in [7, 11) is 2.14. The Hall–Kier alpha value is -2.03. The van der Waals surface area contributed by atoms with Crippen LogP contribution in [0, 0.1) is 12.7 Å². The molecule has 1 heterocycles. The molecular formula is C18H21FN2. The third-order valence-corrected chi connectivity index (χ3v) is 4.25. The van der Waals surface area contributed by atoms with Crippen LogP contribution < -0.4 is 10.2 Å². The molecule has 0 spiro atoms. The summed E-state index contributed by atoms with van der Waals surface area (Å²) in [5, 5.41) is 3.33. The summed E-state index contributed by atoms with van der Waals surface area (Å²) in [6.07, 6.45) is 2.36. The molecule has 0 radical (unpaired) electrons. The van der Waals surface area contributed by atoms with Crippen molar-refractivity contribution in [2.75, 3.05) is 23.8 Å². The lowest BCUT2D eigenvalue weighted by atomic mass is 9.99. The molecule has 0 saturated carbocycles. The molecule has 1 aliphatic heterocycles. The van der Waals surface area contributed by atoms with Gasteiger partial charge in [-0.05, 0) is 49.1 Å². The third-order valence-electron chi connectivity index (χ3n) is 4.25. The molecule has 0 saturated heterocycles. The van der Waals surface area contributed by atoms with Crippen molar-refractivity contribution in [3.8, 4) is 0 Å². The summed E-state index contributed by atoms with van der Waals surface area (Å²) in [6, 6.07) is 11.8. The first kappa shape index (κ1) is 13.9. The zero-order valence-corrected chi connectivity index (χ0v) is 12.6. The number of hydrogen-bond acceptors (Lipinski definition) is 2. The average Bonchev–Trinajstić information content (AvgIpc) is 2.49. The highest BCUT2D eigenvalue weighted by Crippen LogP contribution is 2.27. The fourth-order valence-electron chi connectivity index (χ4n) is 2.94. The first-order chi connectivity index (χ1) is 10.1. The van der Waals surface area contributed by atoms with Gasteiger partial charge >= 0.3 is 0 Å². The van der Waals surface area contributed by atoms with E-state index in [9.17, 15) is 4.39 Å². The lowest BCUT2D eigenvalue weighted by Crippen LogP contribution is -2.24.